The monoisotopic (exact) mass is 217 g/mol. The highest BCUT2D eigenvalue weighted by Gasteiger charge is 2.24. The molecule has 2 aromatic heterocycles. The van der Waals surface area contributed by atoms with Gasteiger partial charge in [0, 0.05) is 31.9 Å². The van der Waals surface area contributed by atoms with Crippen molar-refractivity contribution in [1.29, 1.82) is 0 Å². The zero-order chi connectivity index (χ0) is 11.0. The van der Waals surface area contributed by atoms with Crippen molar-refractivity contribution in [2.75, 3.05) is 24.5 Å². The SMILES string of the molecule is CCN(c1ccn2nccc2n1)C1CNC1. The Bertz CT molecular complexity index is 488. The predicted molar refractivity (Wildman–Crippen MR) is 62.7 cm³/mol. The minimum atomic E-state index is 0.586. The number of nitrogens with one attached hydrogen (secondary N) is 1. The Labute approximate surface area is 94.1 Å². The lowest BCUT2D eigenvalue weighted by Gasteiger charge is -2.38. The van der Waals surface area contributed by atoms with Crippen molar-refractivity contribution < 1.29 is 0 Å². The van der Waals surface area contributed by atoms with Gasteiger partial charge >= 0.3 is 0 Å². The number of aromatic nitrogens is 3. The number of hydrogen-bond acceptors (Lipinski definition) is 4. The Morgan fingerprint density at radius 3 is 3.06 bits per heavy atom. The second kappa shape index (κ2) is 3.75. The third-order valence-electron chi connectivity index (χ3n) is 3.08. The van der Waals surface area contributed by atoms with Crippen molar-refractivity contribution in [3.63, 3.8) is 0 Å². The van der Waals surface area contributed by atoms with E-state index in [1.54, 1.807) is 10.7 Å². The summed E-state index contributed by atoms with van der Waals surface area (Å²) in [6.45, 7) is 5.27. The van der Waals surface area contributed by atoms with Crippen LogP contribution in [0.2, 0.25) is 0 Å². The van der Waals surface area contributed by atoms with E-state index >= 15 is 0 Å². The van der Waals surface area contributed by atoms with Crippen molar-refractivity contribution in [2.24, 2.45) is 0 Å². The van der Waals surface area contributed by atoms with Gasteiger partial charge in [-0.15, -0.1) is 0 Å². The van der Waals surface area contributed by atoms with Gasteiger partial charge in [-0.2, -0.15) is 5.10 Å². The number of anilines is 1. The number of likely N-dealkylation sites (N-methyl/N-ethyl adjacent to an activating group) is 1. The van der Waals surface area contributed by atoms with Crippen LogP contribution in [0, 0.1) is 0 Å². The van der Waals surface area contributed by atoms with Gasteiger partial charge in [0.2, 0.25) is 0 Å². The van der Waals surface area contributed by atoms with Crippen molar-refractivity contribution in [3.8, 4) is 0 Å². The smallest absolute Gasteiger partial charge is 0.157 e. The molecule has 0 amide bonds. The highest BCUT2D eigenvalue weighted by atomic mass is 15.3. The lowest BCUT2D eigenvalue weighted by Crippen LogP contribution is -2.57. The summed E-state index contributed by atoms with van der Waals surface area (Å²) in [5.74, 6) is 1.04. The second-order valence-electron chi connectivity index (χ2n) is 4.02. The molecule has 0 saturated carbocycles. The van der Waals surface area contributed by atoms with Crippen LogP contribution < -0.4 is 10.2 Å². The first-order valence-electron chi connectivity index (χ1n) is 5.66. The molecule has 0 spiro atoms. The van der Waals surface area contributed by atoms with Crippen LogP contribution in [-0.4, -0.2) is 40.3 Å². The van der Waals surface area contributed by atoms with E-state index in [0.29, 0.717) is 6.04 Å². The summed E-state index contributed by atoms with van der Waals surface area (Å²) in [6.07, 6.45) is 3.74. The summed E-state index contributed by atoms with van der Waals surface area (Å²) in [5, 5.41) is 7.44. The molecule has 2 aromatic rings. The third kappa shape index (κ3) is 1.44. The molecule has 0 aromatic carbocycles. The molecule has 0 aliphatic carbocycles. The average Bonchev–Trinajstić information content (AvgIpc) is 2.69. The molecule has 0 unspecified atom stereocenters. The van der Waals surface area contributed by atoms with E-state index in [4.69, 9.17) is 0 Å². The van der Waals surface area contributed by atoms with Crippen LogP contribution in [0.25, 0.3) is 5.65 Å². The van der Waals surface area contributed by atoms with Crippen LogP contribution in [0.4, 0.5) is 5.82 Å². The van der Waals surface area contributed by atoms with Gasteiger partial charge in [0.15, 0.2) is 5.65 Å². The second-order valence-corrected chi connectivity index (χ2v) is 4.02. The van der Waals surface area contributed by atoms with E-state index in [-0.39, 0.29) is 0 Å². The van der Waals surface area contributed by atoms with Gasteiger partial charge in [-0.3, -0.25) is 0 Å². The van der Waals surface area contributed by atoms with Gasteiger partial charge in [0.1, 0.15) is 5.82 Å². The lowest BCUT2D eigenvalue weighted by atomic mass is 10.1. The summed E-state index contributed by atoms with van der Waals surface area (Å²) >= 11 is 0. The van der Waals surface area contributed by atoms with Crippen LogP contribution in [0.5, 0.6) is 0 Å². The van der Waals surface area contributed by atoms with Crippen molar-refractivity contribution in [2.45, 2.75) is 13.0 Å². The van der Waals surface area contributed by atoms with Crippen LogP contribution in [-0.2, 0) is 0 Å². The Morgan fingerprint density at radius 2 is 2.38 bits per heavy atom. The molecule has 84 valence electrons. The Hall–Kier alpha value is -1.62. The maximum absolute atomic E-state index is 4.61. The standard InChI is InChI=1S/C11H15N5/c1-2-15(9-7-12-8-9)10-4-6-16-11(14-10)3-5-13-16/h3-6,9,12H,2,7-8H2,1H3. The number of nitrogens with zero attached hydrogens (tertiary/aromatic N) is 4. The maximum Gasteiger partial charge on any atom is 0.157 e. The Balaban J connectivity index is 1.95. The number of rotatable bonds is 3. The van der Waals surface area contributed by atoms with Gasteiger partial charge in [0.05, 0.1) is 12.2 Å². The van der Waals surface area contributed by atoms with Crippen LogP contribution in [0.1, 0.15) is 6.92 Å². The summed E-state index contributed by atoms with van der Waals surface area (Å²) < 4.78 is 1.79. The quantitative estimate of drug-likeness (QED) is 0.814. The molecular formula is C11H15N5. The van der Waals surface area contributed by atoms with Gasteiger partial charge in [0.25, 0.3) is 0 Å². The highest BCUT2D eigenvalue weighted by Crippen LogP contribution is 2.16. The molecule has 5 nitrogen and oxygen atoms in total. The van der Waals surface area contributed by atoms with Gasteiger partial charge in [-0.25, -0.2) is 9.50 Å². The molecule has 1 saturated heterocycles. The molecule has 1 N–H and O–H groups in total. The van der Waals surface area contributed by atoms with E-state index in [1.807, 2.05) is 18.3 Å². The largest absolute Gasteiger partial charge is 0.351 e. The third-order valence-corrected chi connectivity index (χ3v) is 3.08. The van der Waals surface area contributed by atoms with E-state index in [9.17, 15) is 0 Å². The van der Waals surface area contributed by atoms with E-state index in [1.165, 1.54) is 0 Å². The summed E-state index contributed by atoms with van der Waals surface area (Å²) in [6, 6.07) is 4.54. The molecule has 0 bridgehead atoms. The molecule has 5 heteroatoms. The summed E-state index contributed by atoms with van der Waals surface area (Å²) in [4.78, 5) is 6.94. The molecule has 1 fully saturated rings. The van der Waals surface area contributed by atoms with Crippen molar-refractivity contribution in [1.82, 2.24) is 19.9 Å². The molecule has 16 heavy (non-hydrogen) atoms. The first-order chi connectivity index (χ1) is 7.88. The summed E-state index contributed by atoms with van der Waals surface area (Å²) in [5.41, 5.74) is 0.906. The lowest BCUT2D eigenvalue weighted by molar-refractivity contribution is 0.415. The zero-order valence-corrected chi connectivity index (χ0v) is 9.30. The zero-order valence-electron chi connectivity index (χ0n) is 9.30. The fourth-order valence-electron chi connectivity index (χ4n) is 2.06. The molecule has 1 aliphatic rings. The predicted octanol–water partition coefficient (Wildman–Crippen LogP) is 0.527. The molecule has 3 heterocycles. The molecule has 0 radical (unpaired) electrons. The molecule has 0 atom stereocenters. The maximum atomic E-state index is 4.61. The summed E-state index contributed by atoms with van der Waals surface area (Å²) in [7, 11) is 0. The Kier molecular flexibility index (Phi) is 2.25. The fraction of sp³-hybridized carbons (Fsp3) is 0.455. The molecule has 1 aliphatic heterocycles. The van der Waals surface area contributed by atoms with Gasteiger partial charge in [-0.1, -0.05) is 0 Å². The van der Waals surface area contributed by atoms with Gasteiger partial charge < -0.3 is 10.2 Å². The normalized spacial score (nSPS) is 16.3. The van der Waals surface area contributed by atoms with Crippen molar-refractivity contribution >= 4 is 11.5 Å². The fourth-order valence-corrected chi connectivity index (χ4v) is 2.06. The molecular weight excluding hydrogens is 202 g/mol. The van der Waals surface area contributed by atoms with Crippen molar-refractivity contribution in [3.05, 3.63) is 24.5 Å². The van der Waals surface area contributed by atoms with Gasteiger partial charge in [-0.05, 0) is 13.0 Å². The van der Waals surface area contributed by atoms with Crippen LogP contribution in [0.3, 0.4) is 0 Å². The number of fused-ring (bicyclic) bond motifs is 1. The topological polar surface area (TPSA) is 45.5 Å². The first kappa shape index (κ1) is 9.59. The average molecular weight is 217 g/mol. The van der Waals surface area contributed by atoms with Crippen LogP contribution in [0.15, 0.2) is 24.5 Å². The highest BCUT2D eigenvalue weighted by molar-refractivity contribution is 5.48. The first-order valence-corrected chi connectivity index (χ1v) is 5.66. The minimum absolute atomic E-state index is 0.586. The minimum Gasteiger partial charge on any atom is -0.351 e. The van der Waals surface area contributed by atoms with E-state index in [2.05, 4.69) is 27.2 Å². The number of hydrogen-bond donors (Lipinski definition) is 1. The van der Waals surface area contributed by atoms with E-state index < -0.39 is 0 Å². The Morgan fingerprint density at radius 1 is 1.50 bits per heavy atom. The van der Waals surface area contributed by atoms with E-state index in [0.717, 1.165) is 31.1 Å². The van der Waals surface area contributed by atoms with Crippen LogP contribution >= 0.6 is 0 Å². The molecule has 3 rings (SSSR count).